The van der Waals surface area contributed by atoms with Gasteiger partial charge in [0.1, 0.15) is 5.82 Å². The van der Waals surface area contributed by atoms with Crippen molar-refractivity contribution in [1.29, 1.82) is 0 Å². The zero-order valence-corrected chi connectivity index (χ0v) is 15.1. The van der Waals surface area contributed by atoms with Crippen LogP contribution in [-0.4, -0.2) is 26.6 Å². The molecule has 0 radical (unpaired) electrons. The van der Waals surface area contributed by atoms with Crippen molar-refractivity contribution < 1.29 is 9.21 Å². The van der Waals surface area contributed by atoms with Crippen LogP contribution in [0.5, 0.6) is 0 Å². The molecule has 1 N–H and O–H groups in total. The molecular formula is C19H24N4O3. The van der Waals surface area contributed by atoms with Gasteiger partial charge < -0.3 is 14.3 Å². The van der Waals surface area contributed by atoms with Gasteiger partial charge in [0.15, 0.2) is 5.58 Å². The van der Waals surface area contributed by atoms with Gasteiger partial charge in [-0.2, -0.15) is 0 Å². The van der Waals surface area contributed by atoms with Crippen molar-refractivity contribution in [3.63, 3.8) is 0 Å². The van der Waals surface area contributed by atoms with Crippen molar-refractivity contribution in [2.24, 2.45) is 5.92 Å². The molecule has 0 saturated heterocycles. The summed E-state index contributed by atoms with van der Waals surface area (Å²) in [4.78, 5) is 28.1. The number of nitrogens with one attached hydrogen (secondary N) is 1. The van der Waals surface area contributed by atoms with Gasteiger partial charge in [0.2, 0.25) is 5.91 Å². The lowest BCUT2D eigenvalue weighted by Crippen LogP contribution is -2.30. The van der Waals surface area contributed by atoms with Crippen LogP contribution in [0.25, 0.3) is 11.1 Å². The number of hydrogen-bond donors (Lipinski definition) is 1. The lowest BCUT2D eigenvalue weighted by Gasteiger charge is -2.14. The number of hydrogen-bond acceptors (Lipinski definition) is 4. The van der Waals surface area contributed by atoms with E-state index in [0.717, 1.165) is 17.9 Å². The molecule has 7 heteroatoms. The maximum Gasteiger partial charge on any atom is 0.419 e. The number of nitrogens with zero attached hydrogens (tertiary/aromatic N) is 3. The van der Waals surface area contributed by atoms with E-state index in [1.807, 2.05) is 31.3 Å². The second-order valence-electron chi connectivity index (χ2n) is 6.63. The van der Waals surface area contributed by atoms with Crippen LogP contribution in [0.4, 0.5) is 0 Å². The largest absolute Gasteiger partial charge is 0.419 e. The molecular weight excluding hydrogens is 332 g/mol. The van der Waals surface area contributed by atoms with E-state index in [2.05, 4.69) is 21.8 Å². The van der Waals surface area contributed by atoms with Crippen molar-refractivity contribution in [2.45, 2.75) is 39.8 Å². The summed E-state index contributed by atoms with van der Waals surface area (Å²) in [6.45, 7) is 5.96. The summed E-state index contributed by atoms with van der Waals surface area (Å²) in [5.41, 5.74) is 1.34. The average molecular weight is 356 g/mol. The molecule has 0 saturated carbocycles. The number of carbonyl (C=O) groups is 1. The Morgan fingerprint density at radius 2 is 2.15 bits per heavy atom. The summed E-state index contributed by atoms with van der Waals surface area (Å²) < 4.78 is 8.85. The molecule has 0 aliphatic heterocycles. The highest BCUT2D eigenvalue weighted by Gasteiger charge is 2.10. The Balaban J connectivity index is 1.43. The van der Waals surface area contributed by atoms with Gasteiger partial charge in [0.25, 0.3) is 0 Å². The van der Waals surface area contributed by atoms with Gasteiger partial charge in [0, 0.05) is 38.4 Å². The number of oxazole rings is 1. The quantitative estimate of drug-likeness (QED) is 0.672. The van der Waals surface area contributed by atoms with E-state index in [0.29, 0.717) is 37.4 Å². The first-order chi connectivity index (χ1) is 12.5. The van der Waals surface area contributed by atoms with E-state index in [9.17, 15) is 9.59 Å². The summed E-state index contributed by atoms with van der Waals surface area (Å²) in [5.74, 6) is 0.907. The fourth-order valence-corrected chi connectivity index (χ4v) is 3.00. The molecule has 0 bridgehead atoms. The van der Waals surface area contributed by atoms with Crippen LogP contribution in [0.2, 0.25) is 0 Å². The minimum Gasteiger partial charge on any atom is -0.408 e. The highest BCUT2D eigenvalue weighted by Crippen LogP contribution is 2.12. The van der Waals surface area contributed by atoms with E-state index < -0.39 is 0 Å². The number of imidazole rings is 1. The van der Waals surface area contributed by atoms with Gasteiger partial charge in [-0.15, -0.1) is 0 Å². The van der Waals surface area contributed by atoms with E-state index >= 15 is 0 Å². The third-order valence-corrected chi connectivity index (χ3v) is 4.44. The summed E-state index contributed by atoms with van der Waals surface area (Å²) in [6, 6.07) is 7.31. The molecule has 1 aromatic carbocycles. The first-order valence-corrected chi connectivity index (χ1v) is 8.87. The molecule has 0 unspecified atom stereocenters. The van der Waals surface area contributed by atoms with Crippen molar-refractivity contribution in [2.75, 3.05) is 6.54 Å². The second kappa shape index (κ2) is 8.03. The van der Waals surface area contributed by atoms with E-state index in [-0.39, 0.29) is 11.7 Å². The van der Waals surface area contributed by atoms with Crippen LogP contribution in [0, 0.1) is 12.8 Å². The van der Waals surface area contributed by atoms with Crippen molar-refractivity contribution in [3.05, 3.63) is 53.0 Å². The molecule has 0 fully saturated rings. The van der Waals surface area contributed by atoms with E-state index in [1.54, 1.807) is 16.8 Å². The van der Waals surface area contributed by atoms with Crippen molar-refractivity contribution in [3.8, 4) is 0 Å². The Labute approximate surface area is 151 Å². The number of fused-ring (bicyclic) bond motifs is 1. The zero-order chi connectivity index (χ0) is 18.5. The normalized spacial score (nSPS) is 12.4. The summed E-state index contributed by atoms with van der Waals surface area (Å²) in [7, 11) is 0. The summed E-state index contributed by atoms with van der Waals surface area (Å²) in [5, 5.41) is 2.96. The topological polar surface area (TPSA) is 82.1 Å². The molecule has 138 valence electrons. The maximum absolute atomic E-state index is 12.1. The molecule has 7 nitrogen and oxygen atoms in total. The molecule has 0 aliphatic rings. The van der Waals surface area contributed by atoms with Crippen LogP contribution in [0.15, 0.2) is 45.9 Å². The minimum absolute atomic E-state index is 0.0000486. The van der Waals surface area contributed by atoms with Crippen LogP contribution in [0.3, 0.4) is 0 Å². The number of carbonyl (C=O) groups excluding carboxylic acids is 1. The van der Waals surface area contributed by atoms with E-state index in [1.165, 1.54) is 0 Å². The smallest absolute Gasteiger partial charge is 0.408 e. The fourth-order valence-electron chi connectivity index (χ4n) is 3.00. The van der Waals surface area contributed by atoms with E-state index in [4.69, 9.17) is 4.42 Å². The van der Waals surface area contributed by atoms with Crippen molar-refractivity contribution >= 4 is 17.0 Å². The summed E-state index contributed by atoms with van der Waals surface area (Å²) in [6.07, 6.45) is 4.69. The van der Waals surface area contributed by atoms with Crippen LogP contribution >= 0.6 is 0 Å². The third-order valence-electron chi connectivity index (χ3n) is 4.44. The highest BCUT2D eigenvalue weighted by molar-refractivity contribution is 5.76. The molecule has 2 heterocycles. The number of para-hydroxylation sites is 2. The van der Waals surface area contributed by atoms with Crippen LogP contribution < -0.4 is 11.1 Å². The maximum atomic E-state index is 12.1. The Bertz CT molecular complexity index is 938. The highest BCUT2D eigenvalue weighted by atomic mass is 16.4. The van der Waals surface area contributed by atoms with Crippen LogP contribution in [-0.2, 0) is 17.9 Å². The fraction of sp³-hybridized carbons (Fsp3) is 0.421. The van der Waals surface area contributed by atoms with Gasteiger partial charge in [-0.25, -0.2) is 9.78 Å². The Kier molecular flexibility index (Phi) is 5.55. The summed E-state index contributed by atoms with van der Waals surface area (Å²) >= 11 is 0. The van der Waals surface area contributed by atoms with Gasteiger partial charge in [-0.05, 0) is 31.4 Å². The SMILES string of the molecule is Cc1nccn1C[C@H](C)CNC(=O)CCCn1c(=O)oc2ccccc21. The van der Waals surface area contributed by atoms with Gasteiger partial charge in [-0.1, -0.05) is 19.1 Å². The number of amides is 1. The minimum atomic E-state index is -0.379. The number of aryl methyl sites for hydroxylation is 2. The molecule has 1 amide bonds. The number of rotatable bonds is 8. The van der Waals surface area contributed by atoms with Crippen molar-refractivity contribution in [1.82, 2.24) is 19.4 Å². The van der Waals surface area contributed by atoms with Gasteiger partial charge in [-0.3, -0.25) is 9.36 Å². The lowest BCUT2D eigenvalue weighted by molar-refractivity contribution is -0.121. The van der Waals surface area contributed by atoms with Crippen LogP contribution in [0.1, 0.15) is 25.6 Å². The first kappa shape index (κ1) is 18.0. The molecule has 26 heavy (non-hydrogen) atoms. The molecule has 3 aromatic rings. The Morgan fingerprint density at radius 1 is 1.35 bits per heavy atom. The predicted octanol–water partition coefficient (Wildman–Crippen LogP) is 2.33. The third kappa shape index (κ3) is 4.22. The average Bonchev–Trinajstić information content (AvgIpc) is 3.16. The predicted molar refractivity (Wildman–Crippen MR) is 98.8 cm³/mol. The van der Waals surface area contributed by atoms with Gasteiger partial charge in [0.05, 0.1) is 5.52 Å². The Hall–Kier alpha value is -2.83. The molecule has 0 aliphatic carbocycles. The van der Waals surface area contributed by atoms with Gasteiger partial charge >= 0.3 is 5.76 Å². The molecule has 3 rings (SSSR count). The number of aromatic nitrogens is 3. The monoisotopic (exact) mass is 356 g/mol. The molecule has 0 spiro atoms. The standard InChI is InChI=1S/C19H24N4O3/c1-14(13-22-11-9-20-15(22)2)12-21-18(24)8-5-10-23-16-6-3-4-7-17(16)26-19(23)25/h3-4,6-7,9,11,14H,5,8,10,12-13H2,1-2H3,(H,21,24)/t14-/m1/s1. The lowest BCUT2D eigenvalue weighted by atomic mass is 10.1. The molecule has 1 atom stereocenters. The second-order valence-corrected chi connectivity index (χ2v) is 6.63. The Morgan fingerprint density at radius 3 is 2.92 bits per heavy atom. The number of benzene rings is 1. The molecule has 2 aromatic heterocycles. The first-order valence-electron chi connectivity index (χ1n) is 8.87. The zero-order valence-electron chi connectivity index (χ0n) is 15.1.